The standard InChI is InChI=1S/C20H33NO4/c1-2-24-20-16(10-7-13-22)17(15-8-3-4-9-15)14-18(25-20)19(23)21-11-5-6-12-21/h14-17,20,22H,2-13H2,1H3/t16-,17+,20+/m1/s1. The van der Waals surface area contributed by atoms with Crippen LogP contribution in [0.4, 0.5) is 0 Å². The highest BCUT2D eigenvalue weighted by atomic mass is 16.7. The van der Waals surface area contributed by atoms with Crippen LogP contribution in [0.1, 0.15) is 58.3 Å². The quantitative estimate of drug-likeness (QED) is 0.766. The summed E-state index contributed by atoms with van der Waals surface area (Å²) in [5.74, 6) is 1.69. The van der Waals surface area contributed by atoms with Crippen molar-refractivity contribution in [2.75, 3.05) is 26.3 Å². The second-order valence-electron chi connectivity index (χ2n) is 7.62. The molecule has 3 aliphatic rings. The average molecular weight is 351 g/mol. The van der Waals surface area contributed by atoms with E-state index in [9.17, 15) is 9.90 Å². The lowest BCUT2D eigenvalue weighted by Gasteiger charge is -2.40. The zero-order valence-electron chi connectivity index (χ0n) is 15.5. The molecule has 5 nitrogen and oxygen atoms in total. The summed E-state index contributed by atoms with van der Waals surface area (Å²) in [6, 6.07) is 0. The van der Waals surface area contributed by atoms with Gasteiger partial charge in [-0.15, -0.1) is 0 Å². The third-order valence-corrected chi connectivity index (χ3v) is 6.01. The van der Waals surface area contributed by atoms with Crippen LogP contribution in [0.3, 0.4) is 0 Å². The zero-order valence-corrected chi connectivity index (χ0v) is 15.5. The minimum Gasteiger partial charge on any atom is -0.459 e. The maximum Gasteiger partial charge on any atom is 0.288 e. The lowest BCUT2D eigenvalue weighted by molar-refractivity contribution is -0.178. The van der Waals surface area contributed by atoms with E-state index >= 15 is 0 Å². The number of amides is 1. The fourth-order valence-corrected chi connectivity index (χ4v) is 4.73. The number of carbonyl (C=O) groups is 1. The third-order valence-electron chi connectivity index (χ3n) is 6.01. The largest absolute Gasteiger partial charge is 0.459 e. The zero-order chi connectivity index (χ0) is 17.6. The summed E-state index contributed by atoms with van der Waals surface area (Å²) in [5.41, 5.74) is 0. The van der Waals surface area contributed by atoms with Gasteiger partial charge >= 0.3 is 0 Å². The van der Waals surface area contributed by atoms with Gasteiger partial charge in [-0.05, 0) is 63.4 Å². The highest BCUT2D eigenvalue weighted by molar-refractivity contribution is 5.91. The lowest BCUT2D eigenvalue weighted by atomic mass is 9.76. The number of rotatable bonds is 7. The smallest absolute Gasteiger partial charge is 0.288 e. The molecule has 0 aromatic heterocycles. The summed E-state index contributed by atoms with van der Waals surface area (Å²) >= 11 is 0. The fraction of sp³-hybridized carbons (Fsp3) is 0.850. The van der Waals surface area contributed by atoms with Crippen molar-refractivity contribution >= 4 is 5.91 Å². The van der Waals surface area contributed by atoms with E-state index in [2.05, 4.69) is 6.08 Å². The molecule has 0 unspecified atom stereocenters. The summed E-state index contributed by atoms with van der Waals surface area (Å²) in [6.07, 6.45) is 10.5. The molecule has 1 saturated carbocycles. The van der Waals surface area contributed by atoms with Crippen LogP contribution in [0.25, 0.3) is 0 Å². The van der Waals surface area contributed by atoms with E-state index in [1.54, 1.807) is 0 Å². The molecule has 1 aliphatic carbocycles. The molecule has 3 rings (SSSR count). The van der Waals surface area contributed by atoms with Crippen LogP contribution in [-0.4, -0.2) is 48.5 Å². The van der Waals surface area contributed by atoms with E-state index < -0.39 is 0 Å². The summed E-state index contributed by atoms with van der Waals surface area (Å²) in [5, 5.41) is 9.29. The highest BCUT2D eigenvalue weighted by Gasteiger charge is 2.42. The Bertz CT molecular complexity index is 466. The number of ether oxygens (including phenoxy) is 2. The molecule has 3 atom stereocenters. The van der Waals surface area contributed by atoms with E-state index in [0.717, 1.165) is 38.8 Å². The van der Waals surface area contributed by atoms with Crippen LogP contribution in [0.5, 0.6) is 0 Å². The van der Waals surface area contributed by atoms with E-state index in [0.29, 0.717) is 24.2 Å². The predicted octanol–water partition coefficient (Wildman–Crippen LogP) is 3.08. The fourth-order valence-electron chi connectivity index (χ4n) is 4.73. The second kappa shape index (κ2) is 9.04. The number of likely N-dealkylation sites (tertiary alicyclic amines) is 1. The molecule has 1 saturated heterocycles. The molecule has 1 N–H and O–H groups in total. The van der Waals surface area contributed by atoms with Crippen molar-refractivity contribution in [3.8, 4) is 0 Å². The topological polar surface area (TPSA) is 59.0 Å². The van der Waals surface area contributed by atoms with Crippen molar-refractivity contribution in [2.45, 2.75) is 64.6 Å². The average Bonchev–Trinajstić information content (AvgIpc) is 3.33. The number of nitrogens with zero attached hydrogens (tertiary/aromatic N) is 1. The highest BCUT2D eigenvalue weighted by Crippen LogP contribution is 2.43. The monoisotopic (exact) mass is 351 g/mol. The number of hydrogen-bond donors (Lipinski definition) is 1. The van der Waals surface area contributed by atoms with Crippen molar-refractivity contribution in [1.29, 1.82) is 0 Å². The normalized spacial score (nSPS) is 30.4. The summed E-state index contributed by atoms with van der Waals surface area (Å²) in [7, 11) is 0. The minimum atomic E-state index is -0.367. The Labute approximate surface area is 151 Å². The van der Waals surface area contributed by atoms with Gasteiger partial charge < -0.3 is 19.5 Å². The lowest BCUT2D eigenvalue weighted by Crippen LogP contribution is -2.42. The van der Waals surface area contributed by atoms with Crippen LogP contribution in [-0.2, 0) is 14.3 Å². The molecule has 0 aromatic rings. The Hall–Kier alpha value is -1.07. The second-order valence-corrected chi connectivity index (χ2v) is 7.62. The third kappa shape index (κ3) is 4.37. The van der Waals surface area contributed by atoms with Gasteiger partial charge in [0.1, 0.15) is 0 Å². The first-order chi connectivity index (χ1) is 12.2. The molecule has 0 aromatic carbocycles. The molecular weight excluding hydrogens is 318 g/mol. The van der Waals surface area contributed by atoms with Gasteiger partial charge in [-0.1, -0.05) is 12.8 Å². The predicted molar refractivity (Wildman–Crippen MR) is 95.7 cm³/mol. The van der Waals surface area contributed by atoms with E-state index in [4.69, 9.17) is 9.47 Å². The van der Waals surface area contributed by atoms with Gasteiger partial charge in [0.15, 0.2) is 5.76 Å². The Morgan fingerprint density at radius 2 is 2.00 bits per heavy atom. The molecule has 2 fully saturated rings. The molecule has 0 radical (unpaired) electrons. The number of aliphatic hydroxyl groups excluding tert-OH is 1. The van der Waals surface area contributed by atoms with Crippen LogP contribution in [0.15, 0.2) is 11.8 Å². The molecule has 0 spiro atoms. The van der Waals surface area contributed by atoms with Crippen LogP contribution < -0.4 is 0 Å². The minimum absolute atomic E-state index is 0.0332. The maximum atomic E-state index is 12.9. The van der Waals surface area contributed by atoms with Crippen molar-refractivity contribution < 1.29 is 19.4 Å². The van der Waals surface area contributed by atoms with Crippen LogP contribution in [0, 0.1) is 17.8 Å². The number of hydrogen-bond acceptors (Lipinski definition) is 4. The molecule has 0 bridgehead atoms. The van der Waals surface area contributed by atoms with Crippen LogP contribution in [0.2, 0.25) is 0 Å². The number of allylic oxidation sites excluding steroid dienone is 1. The molecule has 2 heterocycles. The van der Waals surface area contributed by atoms with E-state index in [-0.39, 0.29) is 24.7 Å². The Morgan fingerprint density at radius 1 is 1.28 bits per heavy atom. The molecule has 142 valence electrons. The molecule has 5 heteroatoms. The number of aliphatic hydroxyl groups is 1. The summed E-state index contributed by atoms with van der Waals surface area (Å²) in [4.78, 5) is 14.8. The van der Waals surface area contributed by atoms with Crippen molar-refractivity contribution in [3.05, 3.63) is 11.8 Å². The Kier molecular flexibility index (Phi) is 6.77. The first-order valence-electron chi connectivity index (χ1n) is 10.1. The van der Waals surface area contributed by atoms with Gasteiger partial charge in [0.2, 0.25) is 6.29 Å². The van der Waals surface area contributed by atoms with Gasteiger partial charge in [0.05, 0.1) is 0 Å². The van der Waals surface area contributed by atoms with Gasteiger partial charge in [0.25, 0.3) is 5.91 Å². The van der Waals surface area contributed by atoms with Gasteiger partial charge in [-0.2, -0.15) is 0 Å². The van der Waals surface area contributed by atoms with Gasteiger partial charge in [-0.3, -0.25) is 4.79 Å². The van der Waals surface area contributed by atoms with E-state index in [1.807, 2.05) is 11.8 Å². The first-order valence-corrected chi connectivity index (χ1v) is 10.1. The molecule has 25 heavy (non-hydrogen) atoms. The van der Waals surface area contributed by atoms with Crippen LogP contribution >= 0.6 is 0 Å². The molecular formula is C20H33NO4. The Morgan fingerprint density at radius 3 is 2.64 bits per heavy atom. The maximum absolute atomic E-state index is 12.9. The van der Waals surface area contributed by atoms with Gasteiger partial charge in [0, 0.05) is 32.2 Å². The number of carbonyl (C=O) groups excluding carboxylic acids is 1. The Balaban J connectivity index is 1.82. The van der Waals surface area contributed by atoms with E-state index in [1.165, 1.54) is 25.7 Å². The summed E-state index contributed by atoms with van der Waals surface area (Å²) < 4.78 is 12.0. The first kappa shape index (κ1) is 18.7. The van der Waals surface area contributed by atoms with Crippen molar-refractivity contribution in [2.24, 2.45) is 17.8 Å². The molecule has 2 aliphatic heterocycles. The van der Waals surface area contributed by atoms with Crippen molar-refractivity contribution in [1.82, 2.24) is 4.90 Å². The van der Waals surface area contributed by atoms with Crippen molar-refractivity contribution in [3.63, 3.8) is 0 Å². The summed E-state index contributed by atoms with van der Waals surface area (Å²) in [6.45, 7) is 4.40. The molecule has 1 amide bonds. The van der Waals surface area contributed by atoms with Gasteiger partial charge in [-0.25, -0.2) is 0 Å². The SMILES string of the molecule is CCO[C@H]1OC(C(=O)N2CCCC2)=C[C@@H](C2CCCC2)[C@H]1CCCO.